The van der Waals surface area contributed by atoms with E-state index in [0.717, 1.165) is 28.0 Å². The van der Waals surface area contributed by atoms with E-state index in [9.17, 15) is 9.90 Å². The maximum atomic E-state index is 13.8. The Hall–Kier alpha value is -4.66. The molecule has 0 saturated carbocycles. The molecule has 3 aromatic carbocycles. The molecule has 202 valence electrons. The minimum Gasteiger partial charge on any atom is -0.504 e. The quantitative estimate of drug-likeness (QED) is 0.298. The number of phenols is 1. The summed E-state index contributed by atoms with van der Waals surface area (Å²) in [4.78, 5) is 15.6. The molecular weight excluding hydrogens is 498 g/mol. The van der Waals surface area contributed by atoms with Crippen molar-refractivity contribution < 1.29 is 28.8 Å². The molecule has 2 heterocycles. The van der Waals surface area contributed by atoms with E-state index in [2.05, 4.69) is 10.2 Å². The molecule has 5 rings (SSSR count). The molecule has 9 nitrogen and oxygen atoms in total. The summed E-state index contributed by atoms with van der Waals surface area (Å²) in [6.07, 6.45) is 0.592. The molecule has 0 bridgehead atoms. The second-order valence-electron chi connectivity index (χ2n) is 9.09. The van der Waals surface area contributed by atoms with Crippen LogP contribution in [0.25, 0.3) is 11.3 Å². The number of aromatic amines is 1. The summed E-state index contributed by atoms with van der Waals surface area (Å²) >= 11 is 0. The number of benzene rings is 3. The van der Waals surface area contributed by atoms with Crippen molar-refractivity contribution in [3.05, 3.63) is 83.0 Å². The Kier molecular flexibility index (Phi) is 7.31. The van der Waals surface area contributed by atoms with Crippen LogP contribution in [0.5, 0.6) is 28.7 Å². The molecule has 1 amide bonds. The van der Waals surface area contributed by atoms with E-state index in [1.165, 1.54) is 0 Å². The van der Waals surface area contributed by atoms with E-state index in [-0.39, 0.29) is 11.7 Å². The van der Waals surface area contributed by atoms with Crippen LogP contribution in [0.15, 0.2) is 60.7 Å². The number of amides is 1. The molecule has 1 aliphatic rings. The fourth-order valence-electron chi connectivity index (χ4n) is 5.00. The number of aromatic nitrogens is 2. The molecule has 0 radical (unpaired) electrons. The number of fused-ring (bicyclic) bond motifs is 1. The summed E-state index contributed by atoms with van der Waals surface area (Å²) in [7, 11) is 4.82. The highest BCUT2D eigenvalue weighted by Gasteiger charge is 2.42. The molecule has 2 N–H and O–H groups in total. The van der Waals surface area contributed by atoms with Gasteiger partial charge in [-0.3, -0.25) is 9.89 Å². The Morgan fingerprint density at radius 3 is 2.38 bits per heavy atom. The molecule has 9 heteroatoms. The zero-order valence-corrected chi connectivity index (χ0v) is 22.4. The average Bonchev–Trinajstić information content (AvgIpc) is 3.51. The number of hydrogen-bond donors (Lipinski definition) is 2. The summed E-state index contributed by atoms with van der Waals surface area (Å²) in [5.41, 5.74) is 4.59. The van der Waals surface area contributed by atoms with Gasteiger partial charge in [0.2, 0.25) is 0 Å². The zero-order valence-electron chi connectivity index (χ0n) is 22.4. The van der Waals surface area contributed by atoms with Crippen molar-refractivity contribution in [2.24, 2.45) is 0 Å². The molecule has 1 aromatic heterocycles. The first-order chi connectivity index (χ1) is 19.0. The Labute approximate surface area is 226 Å². The number of nitrogens with zero attached hydrogens (tertiary/aromatic N) is 2. The Balaban J connectivity index is 1.55. The van der Waals surface area contributed by atoms with Crippen molar-refractivity contribution in [3.8, 4) is 40.0 Å². The van der Waals surface area contributed by atoms with Gasteiger partial charge in [0, 0.05) is 17.7 Å². The largest absolute Gasteiger partial charge is 0.504 e. The SMILES string of the molecule is CCOc1cc(C2c3c(-c4ccc(OC)cc4)n[nH]c3C(=O)N2CCc2ccc(OC)c(OC)c2)ccc1O. The normalized spacial score (nSPS) is 14.3. The van der Waals surface area contributed by atoms with E-state index in [4.69, 9.17) is 18.9 Å². The highest BCUT2D eigenvalue weighted by molar-refractivity contribution is 6.00. The Morgan fingerprint density at radius 2 is 1.69 bits per heavy atom. The van der Waals surface area contributed by atoms with Gasteiger partial charge in [-0.15, -0.1) is 0 Å². The molecular formula is C30H31N3O6. The second-order valence-corrected chi connectivity index (χ2v) is 9.09. The van der Waals surface area contributed by atoms with E-state index >= 15 is 0 Å². The minimum atomic E-state index is -0.441. The smallest absolute Gasteiger partial charge is 0.273 e. The predicted molar refractivity (Wildman–Crippen MR) is 146 cm³/mol. The minimum absolute atomic E-state index is 0.0459. The van der Waals surface area contributed by atoms with Crippen LogP contribution in [0.4, 0.5) is 0 Å². The number of H-pyrrole nitrogens is 1. The number of phenolic OH excluding ortho intramolecular Hbond substituents is 1. The van der Waals surface area contributed by atoms with Gasteiger partial charge in [-0.25, -0.2) is 0 Å². The third-order valence-electron chi connectivity index (χ3n) is 6.92. The molecule has 0 fully saturated rings. The van der Waals surface area contributed by atoms with E-state index in [1.54, 1.807) is 33.5 Å². The predicted octanol–water partition coefficient (Wildman–Crippen LogP) is 4.99. The van der Waals surface area contributed by atoms with Crippen LogP contribution in [0.3, 0.4) is 0 Å². The fourth-order valence-corrected chi connectivity index (χ4v) is 5.00. The first-order valence-corrected chi connectivity index (χ1v) is 12.7. The van der Waals surface area contributed by atoms with E-state index in [1.807, 2.05) is 60.4 Å². The molecule has 0 aliphatic carbocycles. The lowest BCUT2D eigenvalue weighted by Gasteiger charge is -2.27. The van der Waals surface area contributed by atoms with Crippen LogP contribution < -0.4 is 18.9 Å². The number of nitrogens with one attached hydrogen (secondary N) is 1. The number of carbonyl (C=O) groups is 1. The van der Waals surface area contributed by atoms with Gasteiger partial charge in [-0.05, 0) is 73.0 Å². The van der Waals surface area contributed by atoms with Gasteiger partial charge in [0.15, 0.2) is 23.0 Å². The fraction of sp³-hybridized carbons (Fsp3) is 0.267. The van der Waals surface area contributed by atoms with Gasteiger partial charge in [-0.2, -0.15) is 5.10 Å². The van der Waals surface area contributed by atoms with Crippen molar-refractivity contribution >= 4 is 5.91 Å². The van der Waals surface area contributed by atoms with Gasteiger partial charge in [0.05, 0.1) is 39.7 Å². The van der Waals surface area contributed by atoms with Gasteiger partial charge >= 0.3 is 0 Å². The monoisotopic (exact) mass is 529 g/mol. The first kappa shape index (κ1) is 26.0. The third-order valence-corrected chi connectivity index (χ3v) is 6.92. The topological polar surface area (TPSA) is 106 Å². The molecule has 39 heavy (non-hydrogen) atoms. The Morgan fingerprint density at radius 1 is 0.923 bits per heavy atom. The number of ether oxygens (including phenoxy) is 4. The number of carbonyl (C=O) groups excluding carboxylic acids is 1. The van der Waals surface area contributed by atoms with E-state index in [0.29, 0.717) is 48.2 Å². The molecule has 0 spiro atoms. The standard InChI is InChI=1S/C30H31N3O6/c1-5-39-24-17-20(9-12-22(24)34)29-26-27(19-7-10-21(36-2)11-8-19)31-32-28(26)30(35)33(29)15-14-18-6-13-23(37-3)25(16-18)38-4/h6-13,16-17,29,34H,5,14-15H2,1-4H3,(H,31,32). The highest BCUT2D eigenvalue weighted by atomic mass is 16.5. The maximum Gasteiger partial charge on any atom is 0.273 e. The molecule has 1 unspecified atom stereocenters. The zero-order chi connectivity index (χ0) is 27.5. The van der Waals surface area contributed by atoms with Crippen molar-refractivity contribution in [2.75, 3.05) is 34.5 Å². The van der Waals surface area contributed by atoms with Crippen LogP contribution in [-0.4, -0.2) is 60.6 Å². The summed E-state index contributed by atoms with van der Waals surface area (Å²) in [6, 6.07) is 18.1. The lowest BCUT2D eigenvalue weighted by atomic mass is 9.95. The summed E-state index contributed by atoms with van der Waals surface area (Å²) in [5.74, 6) is 2.28. The average molecular weight is 530 g/mol. The summed E-state index contributed by atoms with van der Waals surface area (Å²) < 4.78 is 21.8. The van der Waals surface area contributed by atoms with Crippen molar-refractivity contribution in [2.45, 2.75) is 19.4 Å². The molecule has 1 aliphatic heterocycles. The number of methoxy groups -OCH3 is 3. The van der Waals surface area contributed by atoms with Gasteiger partial charge in [-0.1, -0.05) is 12.1 Å². The third kappa shape index (κ3) is 4.83. The molecule has 1 atom stereocenters. The van der Waals surface area contributed by atoms with Crippen molar-refractivity contribution in [1.82, 2.24) is 15.1 Å². The van der Waals surface area contributed by atoms with Crippen LogP contribution in [0.2, 0.25) is 0 Å². The lowest BCUT2D eigenvalue weighted by Crippen LogP contribution is -2.31. The van der Waals surface area contributed by atoms with Gasteiger partial charge in [0.25, 0.3) is 5.91 Å². The molecule has 4 aromatic rings. The maximum absolute atomic E-state index is 13.8. The number of rotatable bonds is 10. The summed E-state index contributed by atoms with van der Waals surface area (Å²) in [6.45, 7) is 2.70. The van der Waals surface area contributed by atoms with Crippen molar-refractivity contribution in [1.29, 1.82) is 0 Å². The van der Waals surface area contributed by atoms with Crippen LogP contribution in [-0.2, 0) is 6.42 Å². The van der Waals surface area contributed by atoms with Crippen LogP contribution in [0, 0.1) is 0 Å². The van der Waals surface area contributed by atoms with Gasteiger partial charge in [0.1, 0.15) is 11.4 Å². The van der Waals surface area contributed by atoms with Gasteiger partial charge < -0.3 is 29.0 Å². The lowest BCUT2D eigenvalue weighted by molar-refractivity contribution is 0.0745. The van der Waals surface area contributed by atoms with Crippen molar-refractivity contribution in [3.63, 3.8) is 0 Å². The molecule has 0 saturated heterocycles. The second kappa shape index (κ2) is 11.0. The Bertz CT molecular complexity index is 1480. The van der Waals surface area contributed by atoms with E-state index < -0.39 is 6.04 Å². The van der Waals surface area contributed by atoms with Crippen LogP contribution >= 0.6 is 0 Å². The van der Waals surface area contributed by atoms with Crippen LogP contribution in [0.1, 0.15) is 40.1 Å². The summed E-state index contributed by atoms with van der Waals surface area (Å²) in [5, 5.41) is 17.9. The number of hydrogen-bond acceptors (Lipinski definition) is 7. The number of aromatic hydroxyl groups is 1. The first-order valence-electron chi connectivity index (χ1n) is 12.7. The highest BCUT2D eigenvalue weighted by Crippen LogP contribution is 2.44.